The van der Waals surface area contributed by atoms with Crippen molar-refractivity contribution in [3.8, 4) is 5.75 Å². The van der Waals surface area contributed by atoms with Gasteiger partial charge in [-0.05, 0) is 54.7 Å². The number of nitrogens with zero attached hydrogens (tertiary/aromatic N) is 1. The van der Waals surface area contributed by atoms with E-state index < -0.39 is 0 Å². The summed E-state index contributed by atoms with van der Waals surface area (Å²) in [6.45, 7) is 0.380. The van der Waals surface area contributed by atoms with Crippen LogP contribution in [0.5, 0.6) is 5.75 Å². The van der Waals surface area contributed by atoms with Gasteiger partial charge < -0.3 is 4.74 Å². The van der Waals surface area contributed by atoms with Gasteiger partial charge in [-0.3, -0.25) is 4.79 Å². The molecular weight excluding hydrogens is 370 g/mol. The van der Waals surface area contributed by atoms with E-state index in [9.17, 15) is 4.79 Å². The second-order valence-electron chi connectivity index (χ2n) is 7.89. The normalized spacial score (nSPS) is 15.7. The van der Waals surface area contributed by atoms with Crippen LogP contribution in [0.25, 0.3) is 10.9 Å². The van der Waals surface area contributed by atoms with E-state index in [0.717, 1.165) is 52.7 Å². The minimum Gasteiger partial charge on any atom is -0.487 e. The zero-order chi connectivity index (χ0) is 20.3. The zero-order valence-corrected chi connectivity index (χ0v) is 16.8. The van der Waals surface area contributed by atoms with E-state index in [1.165, 1.54) is 5.56 Å². The lowest BCUT2D eigenvalue weighted by molar-refractivity contribution is 0.0900. The van der Waals surface area contributed by atoms with Crippen molar-refractivity contribution in [3.05, 3.63) is 107 Å². The van der Waals surface area contributed by atoms with Crippen LogP contribution in [0.1, 0.15) is 33.6 Å². The first-order valence-corrected chi connectivity index (χ1v) is 10.4. The highest BCUT2D eigenvalue weighted by molar-refractivity contribution is 6.00. The predicted molar refractivity (Wildman–Crippen MR) is 119 cm³/mol. The van der Waals surface area contributed by atoms with Gasteiger partial charge >= 0.3 is 0 Å². The highest BCUT2D eigenvalue weighted by Crippen LogP contribution is 2.31. The number of rotatable bonds is 5. The molecule has 0 radical (unpaired) electrons. The summed E-state index contributed by atoms with van der Waals surface area (Å²) < 4.78 is 5.99. The number of hydrogen-bond acceptors (Lipinski definition) is 3. The molecule has 0 N–H and O–H groups in total. The standard InChI is InChI=1S/C27H23NO2/c29-27-22(16-19-6-2-1-3-7-19)11-10-20-13-15-24(17-25(20)27)30-18-23-14-12-21-8-4-5-9-26(21)28-23/h1-9,12-15,17,22H,10-11,16,18H2. The molecule has 0 spiro atoms. The van der Waals surface area contributed by atoms with Crippen molar-refractivity contribution in [1.29, 1.82) is 0 Å². The molecule has 30 heavy (non-hydrogen) atoms. The molecule has 148 valence electrons. The molecule has 1 aliphatic rings. The summed E-state index contributed by atoms with van der Waals surface area (Å²) in [6.07, 6.45) is 2.64. The molecule has 1 aromatic heterocycles. The first-order valence-electron chi connectivity index (χ1n) is 10.4. The molecular formula is C27H23NO2. The molecule has 0 fully saturated rings. The molecule has 1 heterocycles. The average molecular weight is 393 g/mol. The Bertz CT molecular complexity index is 1200. The number of hydrogen-bond donors (Lipinski definition) is 0. The number of fused-ring (bicyclic) bond motifs is 2. The predicted octanol–water partition coefficient (Wildman–Crippen LogP) is 5.80. The lowest BCUT2D eigenvalue weighted by Crippen LogP contribution is -2.24. The number of carbonyl (C=O) groups is 1. The van der Waals surface area contributed by atoms with Crippen molar-refractivity contribution in [3.63, 3.8) is 0 Å². The summed E-state index contributed by atoms with van der Waals surface area (Å²) in [5.74, 6) is 0.990. The molecule has 0 aliphatic heterocycles. The van der Waals surface area contributed by atoms with Crippen LogP contribution in [0.3, 0.4) is 0 Å². The maximum Gasteiger partial charge on any atom is 0.166 e. The van der Waals surface area contributed by atoms with Gasteiger partial charge in [-0.25, -0.2) is 4.98 Å². The molecule has 4 aromatic rings. The third kappa shape index (κ3) is 3.84. The van der Waals surface area contributed by atoms with E-state index in [4.69, 9.17) is 4.74 Å². The summed E-state index contributed by atoms with van der Waals surface area (Å²) in [6, 6.07) is 28.3. The average Bonchev–Trinajstić information content (AvgIpc) is 2.80. The van der Waals surface area contributed by atoms with Crippen molar-refractivity contribution in [1.82, 2.24) is 4.98 Å². The van der Waals surface area contributed by atoms with E-state index in [2.05, 4.69) is 23.2 Å². The lowest BCUT2D eigenvalue weighted by Gasteiger charge is -2.24. The van der Waals surface area contributed by atoms with Crippen molar-refractivity contribution >= 4 is 16.7 Å². The van der Waals surface area contributed by atoms with Gasteiger partial charge in [0.05, 0.1) is 11.2 Å². The smallest absolute Gasteiger partial charge is 0.166 e. The quantitative estimate of drug-likeness (QED) is 0.430. The van der Waals surface area contributed by atoms with Crippen LogP contribution in [-0.4, -0.2) is 10.8 Å². The van der Waals surface area contributed by atoms with Gasteiger partial charge in [-0.1, -0.05) is 60.7 Å². The fourth-order valence-electron chi connectivity index (χ4n) is 4.21. The zero-order valence-electron chi connectivity index (χ0n) is 16.8. The highest BCUT2D eigenvalue weighted by Gasteiger charge is 2.27. The Hall–Kier alpha value is -3.46. The molecule has 0 amide bonds. The lowest BCUT2D eigenvalue weighted by atomic mass is 9.79. The molecule has 3 aromatic carbocycles. The van der Waals surface area contributed by atoms with E-state index in [0.29, 0.717) is 6.61 Å². The van der Waals surface area contributed by atoms with Crippen LogP contribution in [0.4, 0.5) is 0 Å². The topological polar surface area (TPSA) is 39.2 Å². The van der Waals surface area contributed by atoms with Crippen LogP contribution in [-0.2, 0) is 19.4 Å². The number of carbonyl (C=O) groups excluding carboxylic acids is 1. The Kier molecular flexibility index (Phi) is 5.02. The molecule has 1 atom stereocenters. The van der Waals surface area contributed by atoms with E-state index in [1.807, 2.05) is 66.7 Å². The number of aromatic nitrogens is 1. The van der Waals surface area contributed by atoms with Crippen molar-refractivity contribution in [2.75, 3.05) is 0 Å². The number of aryl methyl sites for hydroxylation is 1. The molecule has 3 heteroatoms. The molecule has 1 aliphatic carbocycles. The fourth-order valence-corrected chi connectivity index (χ4v) is 4.21. The Morgan fingerprint density at radius 2 is 1.73 bits per heavy atom. The molecule has 3 nitrogen and oxygen atoms in total. The van der Waals surface area contributed by atoms with Gasteiger partial charge in [0, 0.05) is 16.9 Å². The number of pyridine rings is 1. The largest absolute Gasteiger partial charge is 0.487 e. The first-order chi connectivity index (χ1) is 14.8. The Morgan fingerprint density at radius 3 is 2.63 bits per heavy atom. The third-order valence-corrected chi connectivity index (χ3v) is 5.85. The first kappa shape index (κ1) is 18.6. The van der Waals surface area contributed by atoms with Gasteiger partial charge in [-0.15, -0.1) is 0 Å². The van der Waals surface area contributed by atoms with Crippen LogP contribution >= 0.6 is 0 Å². The minimum absolute atomic E-state index is 0.0392. The number of Topliss-reactive ketones (excluding diaryl/α,β-unsaturated/α-hetero) is 1. The van der Waals surface area contributed by atoms with Crippen LogP contribution in [0.15, 0.2) is 84.9 Å². The van der Waals surface area contributed by atoms with Crippen LogP contribution in [0.2, 0.25) is 0 Å². The molecule has 0 saturated carbocycles. The Morgan fingerprint density at radius 1 is 0.900 bits per heavy atom. The second kappa shape index (κ2) is 8.11. The molecule has 0 saturated heterocycles. The van der Waals surface area contributed by atoms with E-state index in [-0.39, 0.29) is 11.7 Å². The Labute approximate surface area is 176 Å². The molecule has 1 unspecified atom stereocenters. The van der Waals surface area contributed by atoms with Crippen molar-refractivity contribution < 1.29 is 9.53 Å². The van der Waals surface area contributed by atoms with Crippen molar-refractivity contribution in [2.45, 2.75) is 25.9 Å². The number of ketones is 1. The second-order valence-corrected chi connectivity index (χ2v) is 7.89. The van der Waals surface area contributed by atoms with Crippen LogP contribution < -0.4 is 4.74 Å². The molecule has 5 rings (SSSR count). The van der Waals surface area contributed by atoms with Gasteiger partial charge in [-0.2, -0.15) is 0 Å². The number of ether oxygens (including phenoxy) is 1. The summed E-state index contributed by atoms with van der Waals surface area (Å²) in [4.78, 5) is 17.8. The SMILES string of the molecule is O=C1c2cc(OCc3ccc4ccccc4n3)ccc2CCC1Cc1ccccc1. The monoisotopic (exact) mass is 393 g/mol. The number of benzene rings is 3. The van der Waals surface area contributed by atoms with E-state index in [1.54, 1.807) is 0 Å². The van der Waals surface area contributed by atoms with Gasteiger partial charge in [0.15, 0.2) is 5.78 Å². The van der Waals surface area contributed by atoms with Gasteiger partial charge in [0.1, 0.15) is 12.4 Å². The van der Waals surface area contributed by atoms with Crippen LogP contribution in [0, 0.1) is 5.92 Å². The highest BCUT2D eigenvalue weighted by atomic mass is 16.5. The van der Waals surface area contributed by atoms with Gasteiger partial charge in [0.2, 0.25) is 0 Å². The summed E-state index contributed by atoms with van der Waals surface area (Å²) in [5, 5.41) is 1.12. The van der Waals surface area contributed by atoms with Crippen molar-refractivity contribution in [2.24, 2.45) is 5.92 Å². The Balaban J connectivity index is 1.31. The summed E-state index contributed by atoms with van der Waals surface area (Å²) >= 11 is 0. The summed E-state index contributed by atoms with van der Waals surface area (Å²) in [5.41, 5.74) is 4.99. The molecule has 0 bridgehead atoms. The number of para-hydroxylation sites is 1. The maximum atomic E-state index is 13.1. The maximum absolute atomic E-state index is 13.1. The fraction of sp³-hybridized carbons (Fsp3) is 0.185. The minimum atomic E-state index is 0.0392. The third-order valence-electron chi connectivity index (χ3n) is 5.85. The summed E-state index contributed by atoms with van der Waals surface area (Å²) in [7, 11) is 0. The van der Waals surface area contributed by atoms with E-state index >= 15 is 0 Å². The van der Waals surface area contributed by atoms with Gasteiger partial charge in [0.25, 0.3) is 0 Å².